The highest BCUT2D eigenvalue weighted by molar-refractivity contribution is 5.94. The van der Waals surface area contributed by atoms with Gasteiger partial charge in [-0.1, -0.05) is 0 Å². The van der Waals surface area contributed by atoms with Crippen molar-refractivity contribution in [3.8, 4) is 11.5 Å². The lowest BCUT2D eigenvalue weighted by atomic mass is 9.90. The smallest absolute Gasteiger partial charge is 0.253 e. The van der Waals surface area contributed by atoms with Crippen LogP contribution in [0.2, 0.25) is 0 Å². The summed E-state index contributed by atoms with van der Waals surface area (Å²) in [6, 6.07) is 9.77. The molecule has 1 fully saturated rings. The van der Waals surface area contributed by atoms with Gasteiger partial charge in [-0.15, -0.1) is 12.4 Å². The van der Waals surface area contributed by atoms with Crippen molar-refractivity contribution in [1.82, 2.24) is 4.90 Å². The molecule has 146 valence electrons. The van der Waals surface area contributed by atoms with E-state index in [0.717, 1.165) is 25.0 Å². The van der Waals surface area contributed by atoms with E-state index in [1.807, 2.05) is 11.8 Å². The van der Waals surface area contributed by atoms with Gasteiger partial charge in [0.1, 0.15) is 11.6 Å². The molecule has 2 aromatic rings. The minimum Gasteiger partial charge on any atom is -0.454 e. The molecule has 0 aliphatic carbocycles. The molecule has 1 aliphatic heterocycles. The zero-order valence-corrected chi connectivity index (χ0v) is 15.8. The van der Waals surface area contributed by atoms with E-state index >= 15 is 0 Å². The summed E-state index contributed by atoms with van der Waals surface area (Å²) < 4.78 is 32.0. The largest absolute Gasteiger partial charge is 0.454 e. The molecule has 2 aromatic carbocycles. The molecule has 1 heterocycles. The van der Waals surface area contributed by atoms with E-state index in [0.29, 0.717) is 30.3 Å². The third kappa shape index (κ3) is 5.17. The van der Waals surface area contributed by atoms with Crippen LogP contribution < -0.4 is 10.5 Å². The summed E-state index contributed by atoms with van der Waals surface area (Å²) in [4.78, 5) is 14.4. The van der Waals surface area contributed by atoms with Gasteiger partial charge in [-0.25, -0.2) is 8.78 Å². The fraction of sp³-hybridized carbons (Fsp3) is 0.350. The summed E-state index contributed by atoms with van der Waals surface area (Å²) in [5.74, 6) is -0.704. The Morgan fingerprint density at radius 2 is 1.78 bits per heavy atom. The molecule has 0 saturated carbocycles. The van der Waals surface area contributed by atoms with Crippen molar-refractivity contribution < 1.29 is 18.3 Å². The van der Waals surface area contributed by atoms with Gasteiger partial charge in [-0.05, 0) is 62.1 Å². The fourth-order valence-corrected chi connectivity index (χ4v) is 3.16. The Morgan fingerprint density at radius 1 is 1.15 bits per heavy atom. The van der Waals surface area contributed by atoms with Gasteiger partial charge in [0.2, 0.25) is 0 Å². The molecule has 1 amide bonds. The zero-order valence-electron chi connectivity index (χ0n) is 15.0. The van der Waals surface area contributed by atoms with Crippen molar-refractivity contribution >= 4 is 18.3 Å². The van der Waals surface area contributed by atoms with Gasteiger partial charge in [0.15, 0.2) is 11.6 Å². The van der Waals surface area contributed by atoms with Gasteiger partial charge >= 0.3 is 0 Å². The van der Waals surface area contributed by atoms with Crippen LogP contribution in [0.5, 0.6) is 11.5 Å². The summed E-state index contributed by atoms with van der Waals surface area (Å²) in [7, 11) is 0. The molecule has 0 aromatic heterocycles. The lowest BCUT2D eigenvalue weighted by Crippen LogP contribution is -2.42. The molecule has 0 radical (unpaired) electrons. The third-order valence-electron chi connectivity index (χ3n) is 4.79. The lowest BCUT2D eigenvalue weighted by molar-refractivity contribution is 0.0681. The predicted molar refractivity (Wildman–Crippen MR) is 102 cm³/mol. The maximum Gasteiger partial charge on any atom is 0.253 e. The van der Waals surface area contributed by atoms with Crippen LogP contribution >= 0.6 is 12.4 Å². The second-order valence-electron chi connectivity index (χ2n) is 6.69. The number of rotatable bonds is 4. The molecule has 1 aliphatic rings. The van der Waals surface area contributed by atoms with Crippen molar-refractivity contribution in [1.29, 1.82) is 0 Å². The number of likely N-dealkylation sites (tertiary alicyclic amines) is 1. The highest BCUT2D eigenvalue weighted by atomic mass is 35.5. The van der Waals surface area contributed by atoms with Crippen LogP contribution in [0.1, 0.15) is 30.1 Å². The minimum absolute atomic E-state index is 0. The zero-order chi connectivity index (χ0) is 18.7. The second-order valence-corrected chi connectivity index (χ2v) is 6.69. The van der Waals surface area contributed by atoms with Crippen molar-refractivity contribution in [2.75, 3.05) is 13.1 Å². The number of carbonyl (C=O) groups excluding carboxylic acids is 1. The normalized spacial score (nSPS) is 15.8. The van der Waals surface area contributed by atoms with Crippen LogP contribution in [-0.4, -0.2) is 29.9 Å². The Bertz CT molecular complexity index is 776. The first-order valence-corrected chi connectivity index (χ1v) is 8.72. The third-order valence-corrected chi connectivity index (χ3v) is 4.79. The van der Waals surface area contributed by atoms with E-state index in [9.17, 15) is 13.6 Å². The Kier molecular flexibility index (Phi) is 7.16. The number of piperidine rings is 1. The number of nitrogens with two attached hydrogens (primary N) is 1. The standard InChI is InChI=1S/C20H22F2N2O2.ClH/c1-13(23)14-8-10-24(11-9-14)20(25)15-2-5-17(6-3-15)26-19-7-4-16(21)12-18(19)22;/h2-7,12-14H,8-11,23H2,1H3;1H. The number of carbonyl (C=O) groups is 1. The molecule has 27 heavy (non-hydrogen) atoms. The van der Waals surface area contributed by atoms with E-state index in [1.54, 1.807) is 24.3 Å². The van der Waals surface area contributed by atoms with Gasteiger partial charge in [-0.3, -0.25) is 4.79 Å². The Hall–Kier alpha value is -2.18. The molecule has 4 nitrogen and oxygen atoms in total. The monoisotopic (exact) mass is 396 g/mol. The summed E-state index contributed by atoms with van der Waals surface area (Å²) in [6.07, 6.45) is 1.82. The average Bonchev–Trinajstić information content (AvgIpc) is 2.64. The molecular formula is C20H23ClF2N2O2. The van der Waals surface area contributed by atoms with E-state index in [4.69, 9.17) is 10.5 Å². The quantitative estimate of drug-likeness (QED) is 0.834. The van der Waals surface area contributed by atoms with Gasteiger partial charge in [0.05, 0.1) is 0 Å². The Morgan fingerprint density at radius 3 is 2.33 bits per heavy atom. The summed E-state index contributed by atoms with van der Waals surface area (Å²) in [5, 5.41) is 0. The molecular weight excluding hydrogens is 374 g/mol. The van der Waals surface area contributed by atoms with Crippen molar-refractivity contribution in [2.45, 2.75) is 25.8 Å². The second kappa shape index (κ2) is 9.15. The van der Waals surface area contributed by atoms with Crippen LogP contribution in [0.15, 0.2) is 42.5 Å². The van der Waals surface area contributed by atoms with Crippen molar-refractivity contribution in [2.24, 2.45) is 11.7 Å². The minimum atomic E-state index is -0.776. The first-order valence-electron chi connectivity index (χ1n) is 8.72. The van der Waals surface area contributed by atoms with Gasteiger partial charge in [0.25, 0.3) is 5.91 Å². The van der Waals surface area contributed by atoms with E-state index in [-0.39, 0.29) is 30.1 Å². The van der Waals surface area contributed by atoms with Gasteiger partial charge < -0.3 is 15.4 Å². The van der Waals surface area contributed by atoms with Gasteiger partial charge in [0, 0.05) is 30.8 Å². The Labute approximate surface area is 163 Å². The molecule has 1 atom stereocenters. The first kappa shape index (κ1) is 21.1. The molecule has 1 saturated heterocycles. The summed E-state index contributed by atoms with van der Waals surface area (Å²) in [5.41, 5.74) is 6.49. The molecule has 3 rings (SSSR count). The first-order chi connectivity index (χ1) is 12.4. The predicted octanol–water partition coefficient (Wildman–Crippen LogP) is 4.38. The fourth-order valence-electron chi connectivity index (χ4n) is 3.16. The van der Waals surface area contributed by atoms with Crippen LogP contribution in [0.4, 0.5) is 8.78 Å². The number of nitrogens with zero attached hydrogens (tertiary/aromatic N) is 1. The topological polar surface area (TPSA) is 55.6 Å². The maximum absolute atomic E-state index is 13.6. The number of amides is 1. The number of hydrogen-bond donors (Lipinski definition) is 1. The van der Waals surface area contributed by atoms with Crippen LogP contribution in [-0.2, 0) is 0 Å². The number of hydrogen-bond acceptors (Lipinski definition) is 3. The maximum atomic E-state index is 13.6. The highest BCUT2D eigenvalue weighted by Crippen LogP contribution is 2.26. The highest BCUT2D eigenvalue weighted by Gasteiger charge is 2.25. The number of halogens is 3. The molecule has 1 unspecified atom stereocenters. The molecule has 2 N–H and O–H groups in total. The van der Waals surface area contributed by atoms with Gasteiger partial charge in [-0.2, -0.15) is 0 Å². The number of benzene rings is 2. The van der Waals surface area contributed by atoms with Crippen LogP contribution in [0, 0.1) is 17.6 Å². The average molecular weight is 397 g/mol. The summed E-state index contributed by atoms with van der Waals surface area (Å²) >= 11 is 0. The number of ether oxygens (including phenoxy) is 1. The molecule has 0 spiro atoms. The van der Waals surface area contributed by atoms with E-state index < -0.39 is 11.6 Å². The van der Waals surface area contributed by atoms with Crippen molar-refractivity contribution in [3.63, 3.8) is 0 Å². The van der Waals surface area contributed by atoms with E-state index in [2.05, 4.69) is 0 Å². The molecule has 0 bridgehead atoms. The lowest BCUT2D eigenvalue weighted by Gasteiger charge is -2.33. The SMILES string of the molecule is CC(N)C1CCN(C(=O)c2ccc(Oc3ccc(F)cc3F)cc2)CC1.Cl. The summed E-state index contributed by atoms with van der Waals surface area (Å²) in [6.45, 7) is 3.40. The van der Waals surface area contributed by atoms with Crippen molar-refractivity contribution in [3.05, 3.63) is 59.7 Å². The van der Waals surface area contributed by atoms with Crippen LogP contribution in [0.3, 0.4) is 0 Å². The Balaban J connectivity index is 0.00000261. The van der Waals surface area contributed by atoms with E-state index in [1.165, 1.54) is 6.07 Å². The molecule has 7 heteroatoms. The van der Waals surface area contributed by atoms with Crippen LogP contribution in [0.25, 0.3) is 0 Å².